The molecule has 5 nitrogen and oxygen atoms in total. The van der Waals surface area contributed by atoms with Gasteiger partial charge in [-0.1, -0.05) is 42.5 Å². The SMILES string of the molecule is CNC(=O)c1cccc(CCNC(=O)C(C)(N)c2ccccc2)c1. The van der Waals surface area contributed by atoms with Crippen molar-refractivity contribution in [2.24, 2.45) is 5.73 Å². The van der Waals surface area contributed by atoms with Crippen molar-refractivity contribution >= 4 is 11.8 Å². The summed E-state index contributed by atoms with van der Waals surface area (Å²) in [5.74, 6) is -0.351. The number of nitrogens with two attached hydrogens (primary N) is 1. The van der Waals surface area contributed by atoms with Crippen molar-refractivity contribution in [2.75, 3.05) is 13.6 Å². The molecule has 2 amide bonds. The van der Waals surface area contributed by atoms with Crippen LogP contribution in [0.1, 0.15) is 28.4 Å². The zero-order valence-electron chi connectivity index (χ0n) is 14.0. The first-order valence-corrected chi connectivity index (χ1v) is 7.89. The first kappa shape index (κ1) is 17.7. The molecule has 4 N–H and O–H groups in total. The summed E-state index contributed by atoms with van der Waals surface area (Å²) in [6.07, 6.45) is 0.626. The molecule has 0 saturated carbocycles. The van der Waals surface area contributed by atoms with Crippen molar-refractivity contribution in [3.8, 4) is 0 Å². The Labute approximate surface area is 142 Å². The van der Waals surface area contributed by atoms with E-state index < -0.39 is 5.54 Å². The average molecular weight is 325 g/mol. The summed E-state index contributed by atoms with van der Waals surface area (Å²) in [7, 11) is 1.60. The van der Waals surface area contributed by atoms with Crippen molar-refractivity contribution in [3.05, 3.63) is 71.3 Å². The topological polar surface area (TPSA) is 84.2 Å². The summed E-state index contributed by atoms with van der Waals surface area (Å²) in [4.78, 5) is 24.0. The van der Waals surface area contributed by atoms with Gasteiger partial charge in [0, 0.05) is 19.2 Å². The van der Waals surface area contributed by atoms with E-state index in [1.54, 1.807) is 20.0 Å². The molecule has 0 fully saturated rings. The highest BCUT2D eigenvalue weighted by atomic mass is 16.2. The number of hydrogen-bond acceptors (Lipinski definition) is 3. The van der Waals surface area contributed by atoms with Crippen molar-refractivity contribution in [1.29, 1.82) is 0 Å². The van der Waals surface area contributed by atoms with Gasteiger partial charge in [0.25, 0.3) is 5.91 Å². The Morgan fingerprint density at radius 1 is 1.08 bits per heavy atom. The first-order chi connectivity index (χ1) is 11.4. The van der Waals surface area contributed by atoms with E-state index in [-0.39, 0.29) is 11.8 Å². The fourth-order valence-electron chi connectivity index (χ4n) is 2.43. The molecular formula is C19H23N3O2. The summed E-state index contributed by atoms with van der Waals surface area (Å²) >= 11 is 0. The van der Waals surface area contributed by atoms with E-state index in [1.807, 2.05) is 48.5 Å². The Hall–Kier alpha value is -2.66. The molecule has 0 saturated heterocycles. The number of carbonyl (C=O) groups is 2. The molecule has 5 heteroatoms. The molecule has 2 rings (SSSR count). The minimum Gasteiger partial charge on any atom is -0.355 e. The predicted octanol–water partition coefficient (Wildman–Crippen LogP) is 1.58. The Morgan fingerprint density at radius 2 is 1.79 bits per heavy atom. The van der Waals surface area contributed by atoms with Gasteiger partial charge in [-0.15, -0.1) is 0 Å². The Bertz CT molecular complexity index is 712. The third kappa shape index (κ3) is 4.20. The molecule has 1 atom stereocenters. The second-order valence-corrected chi connectivity index (χ2v) is 5.85. The van der Waals surface area contributed by atoms with Crippen LogP contribution in [0.5, 0.6) is 0 Å². The second kappa shape index (κ2) is 7.75. The molecule has 0 radical (unpaired) electrons. The summed E-state index contributed by atoms with van der Waals surface area (Å²) in [6.45, 7) is 2.15. The van der Waals surface area contributed by atoms with Gasteiger partial charge < -0.3 is 16.4 Å². The number of nitrogens with one attached hydrogen (secondary N) is 2. The van der Waals surface area contributed by atoms with Gasteiger partial charge in [0.1, 0.15) is 5.54 Å². The van der Waals surface area contributed by atoms with E-state index >= 15 is 0 Å². The lowest BCUT2D eigenvalue weighted by Crippen LogP contribution is -2.49. The smallest absolute Gasteiger partial charge is 0.251 e. The predicted molar refractivity (Wildman–Crippen MR) is 94.5 cm³/mol. The molecule has 0 aliphatic heterocycles. The number of carbonyl (C=O) groups excluding carboxylic acids is 2. The van der Waals surface area contributed by atoms with Crippen LogP contribution in [-0.2, 0) is 16.8 Å². The van der Waals surface area contributed by atoms with Gasteiger partial charge in [-0.2, -0.15) is 0 Å². The largest absolute Gasteiger partial charge is 0.355 e. The maximum Gasteiger partial charge on any atom is 0.251 e. The van der Waals surface area contributed by atoms with Crippen molar-refractivity contribution in [1.82, 2.24) is 10.6 Å². The van der Waals surface area contributed by atoms with Gasteiger partial charge in [0.15, 0.2) is 0 Å². The van der Waals surface area contributed by atoms with Crippen LogP contribution in [0.25, 0.3) is 0 Å². The lowest BCUT2D eigenvalue weighted by atomic mass is 9.92. The van der Waals surface area contributed by atoms with Crippen LogP contribution in [0.3, 0.4) is 0 Å². The first-order valence-electron chi connectivity index (χ1n) is 7.89. The molecule has 1 unspecified atom stereocenters. The molecule has 0 aliphatic rings. The Morgan fingerprint density at radius 3 is 2.46 bits per heavy atom. The molecule has 126 valence electrons. The standard InChI is InChI=1S/C19H23N3O2/c1-19(20,16-9-4-3-5-10-16)18(24)22-12-11-14-7-6-8-15(13-14)17(23)21-2/h3-10,13H,11-12,20H2,1-2H3,(H,21,23)(H,22,24). The molecule has 0 bridgehead atoms. The van der Waals surface area contributed by atoms with Crippen LogP contribution < -0.4 is 16.4 Å². The highest BCUT2D eigenvalue weighted by Crippen LogP contribution is 2.17. The van der Waals surface area contributed by atoms with Crippen LogP contribution >= 0.6 is 0 Å². The van der Waals surface area contributed by atoms with E-state index in [0.717, 1.165) is 11.1 Å². The van der Waals surface area contributed by atoms with E-state index in [0.29, 0.717) is 18.5 Å². The Balaban J connectivity index is 1.94. The highest BCUT2D eigenvalue weighted by Gasteiger charge is 2.29. The van der Waals surface area contributed by atoms with Crippen LogP contribution in [0, 0.1) is 0 Å². The fourth-order valence-corrected chi connectivity index (χ4v) is 2.43. The van der Waals surface area contributed by atoms with Gasteiger partial charge in [-0.25, -0.2) is 0 Å². The summed E-state index contributed by atoms with van der Waals surface area (Å²) in [5, 5.41) is 5.46. The molecule has 0 aliphatic carbocycles. The summed E-state index contributed by atoms with van der Waals surface area (Å²) < 4.78 is 0. The quantitative estimate of drug-likeness (QED) is 0.754. The van der Waals surface area contributed by atoms with Crippen molar-refractivity contribution < 1.29 is 9.59 Å². The van der Waals surface area contributed by atoms with Crippen LogP contribution in [-0.4, -0.2) is 25.4 Å². The zero-order chi connectivity index (χ0) is 17.6. The molecule has 2 aromatic carbocycles. The molecule has 0 spiro atoms. The number of hydrogen-bond donors (Lipinski definition) is 3. The lowest BCUT2D eigenvalue weighted by Gasteiger charge is -2.24. The molecule has 24 heavy (non-hydrogen) atoms. The summed E-state index contributed by atoms with van der Waals surface area (Å²) in [5.41, 5.74) is 7.45. The molecule has 0 aromatic heterocycles. The van der Waals surface area contributed by atoms with E-state index in [1.165, 1.54) is 0 Å². The molecule has 2 aromatic rings. The van der Waals surface area contributed by atoms with Gasteiger partial charge in [0.2, 0.25) is 5.91 Å². The van der Waals surface area contributed by atoms with Crippen molar-refractivity contribution in [3.63, 3.8) is 0 Å². The van der Waals surface area contributed by atoms with E-state index in [2.05, 4.69) is 10.6 Å². The van der Waals surface area contributed by atoms with Crippen molar-refractivity contribution in [2.45, 2.75) is 18.9 Å². The Kier molecular flexibility index (Phi) is 5.71. The second-order valence-electron chi connectivity index (χ2n) is 5.85. The monoisotopic (exact) mass is 325 g/mol. The zero-order valence-corrected chi connectivity index (χ0v) is 14.0. The lowest BCUT2D eigenvalue weighted by molar-refractivity contribution is -0.126. The van der Waals surface area contributed by atoms with Gasteiger partial charge >= 0.3 is 0 Å². The van der Waals surface area contributed by atoms with Crippen LogP contribution in [0.4, 0.5) is 0 Å². The fraction of sp³-hybridized carbons (Fsp3) is 0.263. The maximum atomic E-state index is 12.4. The number of benzene rings is 2. The van der Waals surface area contributed by atoms with E-state index in [9.17, 15) is 9.59 Å². The van der Waals surface area contributed by atoms with Gasteiger partial charge in [-0.05, 0) is 36.6 Å². The van der Waals surface area contributed by atoms with Gasteiger partial charge in [-0.3, -0.25) is 9.59 Å². The normalized spacial score (nSPS) is 13.0. The number of amides is 2. The highest BCUT2D eigenvalue weighted by molar-refractivity contribution is 5.94. The number of rotatable bonds is 6. The third-order valence-electron chi connectivity index (χ3n) is 3.96. The van der Waals surface area contributed by atoms with Crippen LogP contribution in [0.15, 0.2) is 54.6 Å². The van der Waals surface area contributed by atoms with E-state index in [4.69, 9.17) is 5.73 Å². The van der Waals surface area contributed by atoms with Crippen LogP contribution in [0.2, 0.25) is 0 Å². The third-order valence-corrected chi connectivity index (χ3v) is 3.96. The summed E-state index contributed by atoms with van der Waals surface area (Å²) in [6, 6.07) is 16.6. The minimum atomic E-state index is -1.08. The average Bonchev–Trinajstić information content (AvgIpc) is 2.62. The minimum absolute atomic E-state index is 0.125. The molecular weight excluding hydrogens is 302 g/mol. The molecule has 0 heterocycles. The maximum absolute atomic E-state index is 12.4. The van der Waals surface area contributed by atoms with Gasteiger partial charge in [0.05, 0.1) is 0 Å².